The minimum atomic E-state index is -0.375. The van der Waals surface area contributed by atoms with Gasteiger partial charge in [-0.15, -0.1) is 11.3 Å². The summed E-state index contributed by atoms with van der Waals surface area (Å²) in [4.78, 5) is 28.9. The van der Waals surface area contributed by atoms with Crippen LogP contribution in [0, 0.1) is 0 Å². The maximum atomic E-state index is 12.5. The summed E-state index contributed by atoms with van der Waals surface area (Å²) < 4.78 is 7.13. The van der Waals surface area contributed by atoms with Crippen molar-refractivity contribution >= 4 is 22.4 Å². The highest BCUT2D eigenvalue weighted by molar-refractivity contribution is 7.14. The summed E-state index contributed by atoms with van der Waals surface area (Å²) >= 11 is 1.36. The Morgan fingerprint density at radius 2 is 1.97 bits per heavy atom. The molecule has 4 aromatic rings. The quantitative estimate of drug-likeness (QED) is 0.425. The van der Waals surface area contributed by atoms with Crippen LogP contribution in [0.2, 0.25) is 0 Å². The summed E-state index contributed by atoms with van der Waals surface area (Å²) in [5.74, 6) is 0.853. The monoisotopic (exact) mass is 433 g/mol. The molecule has 1 amide bonds. The molecular weight excluding hydrogens is 410 g/mol. The number of amides is 1. The van der Waals surface area contributed by atoms with Crippen molar-refractivity contribution in [3.05, 3.63) is 93.6 Å². The molecule has 0 radical (unpaired) electrons. The first-order valence-corrected chi connectivity index (χ1v) is 11.0. The normalized spacial score (nSPS) is 11.9. The van der Waals surface area contributed by atoms with Gasteiger partial charge in [-0.1, -0.05) is 44.2 Å². The summed E-state index contributed by atoms with van der Waals surface area (Å²) in [5.41, 5.74) is 3.01. The van der Waals surface area contributed by atoms with Crippen LogP contribution >= 0.6 is 11.3 Å². The molecule has 3 aromatic heterocycles. The van der Waals surface area contributed by atoms with Gasteiger partial charge in [-0.05, 0) is 36.1 Å². The van der Waals surface area contributed by atoms with Crippen LogP contribution in [-0.4, -0.2) is 15.5 Å². The van der Waals surface area contributed by atoms with E-state index in [0.29, 0.717) is 16.8 Å². The fourth-order valence-electron chi connectivity index (χ4n) is 3.18. The number of pyridine rings is 1. The SMILES string of the molecule is CC[C@@H](C)c1ccc(-c2csc(NC(=O)c3ccc(Cn4ccccc4=O)o3)n2)cc1. The fourth-order valence-corrected chi connectivity index (χ4v) is 3.90. The van der Waals surface area contributed by atoms with Crippen molar-refractivity contribution in [1.29, 1.82) is 0 Å². The summed E-state index contributed by atoms with van der Waals surface area (Å²) in [7, 11) is 0. The summed E-state index contributed by atoms with van der Waals surface area (Å²) in [5, 5.41) is 5.20. The Balaban J connectivity index is 1.42. The lowest BCUT2D eigenvalue weighted by molar-refractivity contribution is 0.0994. The molecule has 3 heterocycles. The van der Waals surface area contributed by atoms with Crippen molar-refractivity contribution in [3.63, 3.8) is 0 Å². The Morgan fingerprint density at radius 3 is 2.71 bits per heavy atom. The zero-order valence-corrected chi connectivity index (χ0v) is 18.2. The van der Waals surface area contributed by atoms with Gasteiger partial charge in [-0.2, -0.15) is 0 Å². The van der Waals surface area contributed by atoms with Crippen LogP contribution < -0.4 is 10.9 Å². The number of furan rings is 1. The smallest absolute Gasteiger partial charge is 0.293 e. The van der Waals surface area contributed by atoms with Gasteiger partial charge in [0.25, 0.3) is 11.5 Å². The van der Waals surface area contributed by atoms with Crippen molar-refractivity contribution in [1.82, 2.24) is 9.55 Å². The highest BCUT2D eigenvalue weighted by Gasteiger charge is 2.14. The van der Waals surface area contributed by atoms with E-state index in [4.69, 9.17) is 4.42 Å². The van der Waals surface area contributed by atoms with Crippen LogP contribution in [0.1, 0.15) is 48.1 Å². The lowest BCUT2D eigenvalue weighted by Crippen LogP contribution is -2.18. The van der Waals surface area contributed by atoms with E-state index in [1.807, 2.05) is 5.38 Å². The molecule has 1 aromatic carbocycles. The number of carbonyl (C=O) groups excluding carboxylic acids is 1. The van der Waals surface area contributed by atoms with Crippen molar-refractivity contribution in [2.24, 2.45) is 0 Å². The molecule has 6 nitrogen and oxygen atoms in total. The van der Waals surface area contributed by atoms with E-state index in [1.165, 1.54) is 27.5 Å². The van der Waals surface area contributed by atoms with E-state index in [0.717, 1.165) is 17.7 Å². The molecular formula is C24H23N3O3S. The maximum absolute atomic E-state index is 12.5. The van der Waals surface area contributed by atoms with Gasteiger partial charge in [-0.3, -0.25) is 14.9 Å². The van der Waals surface area contributed by atoms with E-state index in [-0.39, 0.29) is 23.8 Å². The van der Waals surface area contributed by atoms with Crippen LogP contribution in [0.3, 0.4) is 0 Å². The van der Waals surface area contributed by atoms with E-state index >= 15 is 0 Å². The Bertz CT molecular complexity index is 1240. The first-order valence-electron chi connectivity index (χ1n) is 10.1. The van der Waals surface area contributed by atoms with Gasteiger partial charge in [-0.25, -0.2) is 4.98 Å². The maximum Gasteiger partial charge on any atom is 0.293 e. The number of benzene rings is 1. The van der Waals surface area contributed by atoms with Gasteiger partial charge in [0.2, 0.25) is 0 Å². The van der Waals surface area contributed by atoms with E-state index in [2.05, 4.69) is 48.4 Å². The molecule has 0 fully saturated rings. The second-order valence-corrected chi connectivity index (χ2v) is 8.21. The molecule has 7 heteroatoms. The van der Waals surface area contributed by atoms with Crippen molar-refractivity contribution in [2.45, 2.75) is 32.7 Å². The number of hydrogen-bond donors (Lipinski definition) is 1. The third-order valence-electron chi connectivity index (χ3n) is 5.22. The first kappa shape index (κ1) is 20.8. The molecule has 0 spiro atoms. The van der Waals surface area contributed by atoms with Crippen molar-refractivity contribution in [3.8, 4) is 11.3 Å². The number of rotatable bonds is 7. The van der Waals surface area contributed by atoms with Crippen molar-refractivity contribution < 1.29 is 9.21 Å². The van der Waals surface area contributed by atoms with Crippen LogP contribution in [0.15, 0.2) is 75.4 Å². The zero-order valence-electron chi connectivity index (χ0n) is 17.4. The average Bonchev–Trinajstić information content (AvgIpc) is 3.45. The molecule has 0 bridgehead atoms. The Labute approximate surface area is 184 Å². The predicted octanol–water partition coefficient (Wildman–Crippen LogP) is 5.38. The molecule has 0 unspecified atom stereocenters. The van der Waals surface area contributed by atoms with E-state index < -0.39 is 0 Å². The highest BCUT2D eigenvalue weighted by Crippen LogP contribution is 2.27. The Hall–Kier alpha value is -3.45. The van der Waals surface area contributed by atoms with Gasteiger partial charge in [0, 0.05) is 23.2 Å². The molecule has 0 saturated carbocycles. The second kappa shape index (κ2) is 9.14. The van der Waals surface area contributed by atoms with Gasteiger partial charge in [0.1, 0.15) is 5.76 Å². The van der Waals surface area contributed by atoms with Gasteiger partial charge < -0.3 is 8.98 Å². The van der Waals surface area contributed by atoms with Crippen molar-refractivity contribution in [2.75, 3.05) is 5.32 Å². The zero-order chi connectivity index (χ0) is 21.8. The van der Waals surface area contributed by atoms with Gasteiger partial charge in [0.05, 0.1) is 12.2 Å². The molecule has 1 N–H and O–H groups in total. The molecule has 0 aliphatic heterocycles. The Kier molecular flexibility index (Phi) is 6.13. The number of nitrogens with zero attached hydrogens (tertiary/aromatic N) is 2. The summed E-state index contributed by atoms with van der Waals surface area (Å²) in [6.07, 6.45) is 2.78. The third-order valence-corrected chi connectivity index (χ3v) is 5.98. The molecule has 0 aliphatic rings. The second-order valence-electron chi connectivity index (χ2n) is 7.36. The van der Waals surface area contributed by atoms with Crippen LogP contribution in [0.4, 0.5) is 5.13 Å². The predicted molar refractivity (Wildman–Crippen MR) is 123 cm³/mol. The number of hydrogen-bond acceptors (Lipinski definition) is 5. The summed E-state index contributed by atoms with van der Waals surface area (Å²) in [6, 6.07) is 16.6. The van der Waals surface area contributed by atoms with Crippen LogP contribution in [0.25, 0.3) is 11.3 Å². The molecule has 0 saturated heterocycles. The number of nitrogens with one attached hydrogen (secondary N) is 1. The van der Waals surface area contributed by atoms with Gasteiger partial charge >= 0.3 is 0 Å². The first-order chi connectivity index (χ1) is 15.0. The Morgan fingerprint density at radius 1 is 1.16 bits per heavy atom. The van der Waals surface area contributed by atoms with E-state index in [1.54, 1.807) is 30.5 Å². The summed E-state index contributed by atoms with van der Waals surface area (Å²) in [6.45, 7) is 4.65. The molecule has 4 rings (SSSR count). The van der Waals surface area contributed by atoms with Gasteiger partial charge in [0.15, 0.2) is 10.9 Å². The molecule has 158 valence electrons. The lowest BCUT2D eigenvalue weighted by Gasteiger charge is -2.08. The largest absolute Gasteiger partial charge is 0.454 e. The minimum absolute atomic E-state index is 0.127. The fraction of sp³-hybridized carbons (Fsp3) is 0.208. The third kappa shape index (κ3) is 4.83. The lowest BCUT2D eigenvalue weighted by atomic mass is 9.97. The number of anilines is 1. The molecule has 1 atom stereocenters. The standard InChI is InChI=1S/C24H23N3O3S/c1-3-16(2)17-7-9-18(10-8-17)20-15-31-24(25-20)26-23(29)21-12-11-19(30-21)14-27-13-5-4-6-22(27)28/h4-13,15-16H,3,14H2,1-2H3,(H,25,26,29)/t16-/m1/s1. The minimum Gasteiger partial charge on any atom is -0.454 e. The highest BCUT2D eigenvalue weighted by atomic mass is 32.1. The molecule has 31 heavy (non-hydrogen) atoms. The van der Waals surface area contributed by atoms with Crippen LogP contribution in [0.5, 0.6) is 0 Å². The van der Waals surface area contributed by atoms with E-state index in [9.17, 15) is 9.59 Å². The van der Waals surface area contributed by atoms with Crippen LogP contribution in [-0.2, 0) is 6.54 Å². The number of thiazole rings is 1. The average molecular weight is 434 g/mol. The molecule has 0 aliphatic carbocycles. The number of aromatic nitrogens is 2. The number of carbonyl (C=O) groups is 1. The topological polar surface area (TPSA) is 77.1 Å².